The number of hydrogen-bond donors (Lipinski definition) is 0. The summed E-state index contributed by atoms with van der Waals surface area (Å²) in [6.45, 7) is 2.05. The summed E-state index contributed by atoms with van der Waals surface area (Å²) in [5.74, 6) is -10.00. The van der Waals surface area contributed by atoms with Crippen molar-refractivity contribution < 1.29 is 176 Å². The zero-order chi connectivity index (χ0) is 97.5. The minimum Gasteiger partial charge on any atom is -0.497 e. The van der Waals surface area contributed by atoms with Gasteiger partial charge in [-0.25, -0.2) is 0 Å². The summed E-state index contributed by atoms with van der Waals surface area (Å²) in [5, 5.41) is 19.0. The molecule has 0 fully saturated rings. The van der Waals surface area contributed by atoms with E-state index in [-0.39, 0.29) is 146 Å². The first-order valence-electron chi connectivity index (χ1n) is 40.0. The van der Waals surface area contributed by atoms with Crippen molar-refractivity contribution in [3.05, 3.63) is 501 Å². The third-order valence-electron chi connectivity index (χ3n) is 17.6. The molecule has 20 aromatic rings. The molecule has 10 heterocycles. The largest absolute Gasteiger partial charge is 0.497 e. The van der Waals surface area contributed by atoms with Gasteiger partial charge < -0.3 is 34.6 Å². The van der Waals surface area contributed by atoms with Gasteiger partial charge in [-0.15, -0.1) is 168 Å². The molecule has 0 amide bonds. The maximum atomic E-state index is 13.5. The SMILES string of the molecule is CN(C)c1ccnc(-c2[c-]cc(F)cc2F)c1.COc1ccnc(-c2[c-]cc(F)cc2F)c1.Cc1c[c-]c(-c2ccccn2)cc1.Fc1c[c-]c(-c2ccccn2)c(F)c1.Fc1c[c-]c(-n2cccn2)c(F)c1.Fc1c[c-]c(-n2cccn2)c(F)c1.Fc1c[c-]c(-n2cccn2)c(F)c1.Fc1c[c-]c(-n2cccn2)c(F)c1.Fc1c[c-]c(-n2cccn2)c(F)c1.[Ir].[Ir].[Ir].[Ir].[Ir].[c-]1ccccc1-c1ccccn1. The molecular weight excluding hydrogens is 2750 g/mol. The third-order valence-corrected chi connectivity index (χ3v) is 17.6. The van der Waals surface area contributed by atoms with Gasteiger partial charge in [0.15, 0.2) is 0 Å². The number of nitrogens with zero attached hydrogens (tertiary/aromatic N) is 16. The van der Waals surface area contributed by atoms with Crippen LogP contribution in [0.4, 0.5) is 75.9 Å². The molecule has 10 aromatic heterocycles. The number of aryl methyl sites for hydroxylation is 1. The van der Waals surface area contributed by atoms with E-state index in [9.17, 15) is 70.2 Å². The molecule has 17 nitrogen and oxygen atoms in total. The number of benzene rings is 10. The Morgan fingerprint density at radius 3 is 0.810 bits per heavy atom. The molecule has 737 valence electrons. The normalized spacial score (nSPS) is 9.83. The van der Waals surface area contributed by atoms with Gasteiger partial charge in [0.25, 0.3) is 0 Å². The summed E-state index contributed by atoms with van der Waals surface area (Å²) >= 11 is 0. The van der Waals surface area contributed by atoms with Gasteiger partial charge in [-0.1, -0.05) is 84.3 Å². The fourth-order valence-corrected chi connectivity index (χ4v) is 11.3. The molecule has 0 bridgehead atoms. The van der Waals surface area contributed by atoms with Crippen LogP contribution >= 0.6 is 0 Å². The van der Waals surface area contributed by atoms with E-state index in [1.807, 2.05) is 97.9 Å². The first kappa shape index (κ1) is 116. The fraction of sp³-hybridized carbons (Fsp3) is 0.0385. The summed E-state index contributed by atoms with van der Waals surface area (Å²) in [7, 11) is 5.26. The van der Waals surface area contributed by atoms with Crippen LogP contribution in [0.3, 0.4) is 0 Å². The fourth-order valence-electron chi connectivity index (χ4n) is 11.3. The van der Waals surface area contributed by atoms with Crippen LogP contribution in [0.2, 0.25) is 0 Å². The monoisotopic (exact) mass is 2830 g/mol. The standard InChI is InChI=1S/C13H11F2N2.C12H8F2NO.C12H10N.C11H6F2N.C11H8N.5C9H5F2N2.5Ir/c1-17(2)10-5-6-16-13(8-10)11-4-3-9(14)7-12(11)15;1-16-9-4-5-15-12(7-9)10-3-2-8(13)6-11(10)14;1-10-5-7-11(8-6-10)12-4-2-3-9-13-12;12-8-4-5-9(10(13)7-8)11-3-1-2-6-14-11;1-2-6-10(7-3-1)11-8-4-5-9-12-11;5*10-7-2-3-9(8(11)6-7)13-5-1-4-12-13;;;;;/h3,5-8H,1-2H3;2,4-7H,1H3;2-7,9H,1H3;1-4,6-7H;1-6,8-9H;5*1-2,4-6H;;;;;/q10*-1;;;;;. The van der Waals surface area contributed by atoms with E-state index < -0.39 is 93.1 Å². The molecule has 142 heavy (non-hydrogen) atoms. The summed E-state index contributed by atoms with van der Waals surface area (Å²) in [4.78, 5) is 22.3. The van der Waals surface area contributed by atoms with Crippen molar-refractivity contribution in [3.63, 3.8) is 0 Å². The van der Waals surface area contributed by atoms with Crippen LogP contribution in [0.5, 0.6) is 5.75 Å². The summed E-state index contributed by atoms with van der Waals surface area (Å²) in [6.07, 6.45) is 23.6. The maximum Gasteiger partial charge on any atom is 0.113 e. The minimum atomic E-state index is -0.694. The van der Waals surface area contributed by atoms with Gasteiger partial charge in [0.05, 0.1) is 7.11 Å². The van der Waals surface area contributed by atoms with Gasteiger partial charge in [-0.2, -0.15) is 55.8 Å². The second-order valence-electron chi connectivity index (χ2n) is 27.5. The number of ether oxygens (including phenoxy) is 1. The average molecular weight is 2820 g/mol. The van der Waals surface area contributed by atoms with Crippen molar-refractivity contribution in [2.24, 2.45) is 0 Å². The Morgan fingerprint density at radius 1 is 0.254 bits per heavy atom. The molecule has 0 unspecified atom stereocenters. The Bertz CT molecular complexity index is 6590. The van der Waals surface area contributed by atoms with E-state index in [0.717, 1.165) is 125 Å². The van der Waals surface area contributed by atoms with Crippen molar-refractivity contribution in [3.8, 4) is 90.5 Å². The third kappa shape index (κ3) is 36.1. The molecule has 10 aromatic carbocycles. The van der Waals surface area contributed by atoms with Gasteiger partial charge in [-0.3, -0.25) is 93.7 Å². The summed E-state index contributed by atoms with van der Waals surface area (Å²) < 4.78 is 217. The Balaban J connectivity index is 0.000000241. The van der Waals surface area contributed by atoms with Gasteiger partial charge in [0.1, 0.15) is 5.75 Å². The van der Waals surface area contributed by atoms with Crippen LogP contribution in [-0.2, 0) is 101 Å². The van der Waals surface area contributed by atoms with E-state index >= 15 is 0 Å². The van der Waals surface area contributed by atoms with Crippen molar-refractivity contribution in [1.82, 2.24) is 73.8 Å². The van der Waals surface area contributed by atoms with Crippen LogP contribution in [0.15, 0.2) is 342 Å². The number of halogens is 16. The maximum absolute atomic E-state index is 13.5. The quantitative estimate of drug-likeness (QED) is 0.0840. The van der Waals surface area contributed by atoms with E-state index in [4.69, 9.17) is 4.74 Å². The first-order chi connectivity index (χ1) is 66.2. The molecule has 0 spiro atoms. The number of rotatable bonds is 12. The van der Waals surface area contributed by atoms with Crippen molar-refractivity contribution in [2.75, 3.05) is 26.1 Å². The molecule has 38 heteroatoms. The molecule has 5 radical (unpaired) electrons. The second kappa shape index (κ2) is 60.0. The van der Waals surface area contributed by atoms with Gasteiger partial charge >= 0.3 is 0 Å². The molecule has 0 saturated heterocycles. The molecule has 0 atom stereocenters. The smallest absolute Gasteiger partial charge is 0.113 e. The van der Waals surface area contributed by atoms with Crippen LogP contribution in [0, 0.1) is 161 Å². The van der Waals surface area contributed by atoms with E-state index in [0.29, 0.717) is 22.8 Å². The Labute approximate surface area is 872 Å². The molecule has 20 rings (SSSR count). The second-order valence-corrected chi connectivity index (χ2v) is 27.5. The number of hydrogen-bond acceptors (Lipinski definition) is 12. The van der Waals surface area contributed by atoms with Gasteiger partial charge in [0.2, 0.25) is 0 Å². The van der Waals surface area contributed by atoms with Gasteiger partial charge in [-0.05, 0) is 124 Å². The van der Waals surface area contributed by atoms with E-state index in [1.54, 1.807) is 123 Å². The zero-order valence-corrected chi connectivity index (χ0v) is 85.6. The molecular formula is C104H68F16Ir5N16O-10. The Hall–Kier alpha value is -14.3. The minimum absolute atomic E-state index is 0. The molecule has 0 saturated carbocycles. The number of pyridine rings is 5. The van der Waals surface area contributed by atoms with Gasteiger partial charge in [0, 0.05) is 306 Å². The Morgan fingerprint density at radius 2 is 0.542 bits per heavy atom. The van der Waals surface area contributed by atoms with Crippen LogP contribution in [0.25, 0.3) is 84.7 Å². The Kier molecular flexibility index (Phi) is 49.2. The number of aromatic nitrogens is 15. The van der Waals surface area contributed by atoms with Crippen LogP contribution in [0.1, 0.15) is 5.56 Å². The first-order valence-corrected chi connectivity index (χ1v) is 40.0. The van der Waals surface area contributed by atoms with Crippen molar-refractivity contribution >= 4 is 5.69 Å². The topological polar surface area (TPSA) is 166 Å². The predicted molar refractivity (Wildman–Crippen MR) is 479 cm³/mol. The van der Waals surface area contributed by atoms with Crippen molar-refractivity contribution in [1.29, 1.82) is 0 Å². The molecule has 0 N–H and O–H groups in total. The predicted octanol–water partition coefficient (Wildman–Crippen LogP) is 23.7. The van der Waals surface area contributed by atoms with Crippen LogP contribution in [-0.4, -0.2) is 95.0 Å². The number of methoxy groups -OCH3 is 1. The van der Waals surface area contributed by atoms with Crippen molar-refractivity contribution in [2.45, 2.75) is 6.92 Å². The van der Waals surface area contributed by atoms with E-state index in [2.05, 4.69) is 124 Å². The zero-order valence-electron chi connectivity index (χ0n) is 73.6. The molecule has 0 aliphatic heterocycles. The average Bonchev–Trinajstić information content (AvgIpc) is 1.12. The summed E-state index contributed by atoms with van der Waals surface area (Å²) in [5.41, 5.74) is 8.47. The molecule has 0 aliphatic carbocycles. The summed E-state index contributed by atoms with van der Waals surface area (Å²) in [6, 6.07) is 87.0. The molecule has 0 aliphatic rings. The number of anilines is 1. The van der Waals surface area contributed by atoms with Crippen LogP contribution < -0.4 is 9.64 Å². The van der Waals surface area contributed by atoms with E-state index in [1.165, 1.54) is 73.3 Å².